The molecule has 312 valence electrons. The first-order valence-corrected chi connectivity index (χ1v) is 22.2. The third kappa shape index (κ3) is 16.7. The Kier molecular flexibility index (Phi) is 21.0. The molecule has 2 aromatic rings. The van der Waals surface area contributed by atoms with Crippen LogP contribution in [0.1, 0.15) is 11.1 Å². The van der Waals surface area contributed by atoms with Gasteiger partial charge in [0.05, 0.1) is 102 Å². The van der Waals surface area contributed by atoms with Gasteiger partial charge in [-0.05, 0) is 38.1 Å². The van der Waals surface area contributed by atoms with E-state index in [0.717, 1.165) is 11.1 Å². The summed E-state index contributed by atoms with van der Waals surface area (Å²) < 4.78 is 99.0. The second-order valence-corrected chi connectivity index (χ2v) is 17.3. The van der Waals surface area contributed by atoms with Crippen LogP contribution in [-0.2, 0) is 53.2 Å². The summed E-state index contributed by atoms with van der Waals surface area (Å²) in [5, 5.41) is 0. The van der Waals surface area contributed by atoms with E-state index < -0.39 is 20.0 Å². The summed E-state index contributed by atoms with van der Waals surface area (Å²) in [5.74, 6) is 0. The van der Waals surface area contributed by atoms with Crippen molar-refractivity contribution >= 4 is 20.0 Å². The van der Waals surface area contributed by atoms with E-state index in [1.165, 1.54) is 8.61 Å². The third-order valence-corrected chi connectivity index (χ3v) is 13.1. The highest BCUT2D eigenvalue weighted by molar-refractivity contribution is 7.89. The smallest absolute Gasteiger partial charge is 0.243 e. The van der Waals surface area contributed by atoms with E-state index in [1.807, 2.05) is 13.8 Å². The second kappa shape index (κ2) is 25.3. The van der Waals surface area contributed by atoms with Gasteiger partial charge in [-0.3, -0.25) is 9.80 Å². The average molecular weight is 815 g/mol. The number of ether oxygens (including phenoxy) is 7. The molecule has 3 heterocycles. The Labute approximate surface area is 328 Å². The van der Waals surface area contributed by atoms with Gasteiger partial charge in [-0.25, -0.2) is 16.8 Å². The maximum Gasteiger partial charge on any atom is 0.243 e. The van der Waals surface area contributed by atoms with Gasteiger partial charge in [0, 0.05) is 65.4 Å². The highest BCUT2D eigenvalue weighted by Crippen LogP contribution is 2.18. The van der Waals surface area contributed by atoms with Crippen molar-refractivity contribution in [3.63, 3.8) is 0 Å². The summed E-state index contributed by atoms with van der Waals surface area (Å²) in [6.07, 6.45) is 0. The minimum absolute atomic E-state index is 0.175. The zero-order valence-corrected chi connectivity index (χ0v) is 34.3. The molecule has 2 bridgehead atoms. The van der Waals surface area contributed by atoms with Crippen LogP contribution in [0.4, 0.5) is 0 Å². The minimum atomic E-state index is -3.77. The van der Waals surface area contributed by atoms with Crippen LogP contribution in [0.15, 0.2) is 58.3 Å². The number of fused-ring (bicyclic) bond motifs is 30. The highest BCUT2D eigenvalue weighted by Gasteiger charge is 2.26. The molecular formula is C38H62N4O11S2. The molecule has 3 saturated heterocycles. The van der Waals surface area contributed by atoms with Crippen molar-refractivity contribution in [1.29, 1.82) is 0 Å². The van der Waals surface area contributed by atoms with Crippen LogP contribution < -0.4 is 0 Å². The Balaban J connectivity index is 1.48. The summed E-state index contributed by atoms with van der Waals surface area (Å²) >= 11 is 0. The van der Waals surface area contributed by atoms with Crippen LogP contribution in [0.2, 0.25) is 0 Å². The average Bonchev–Trinajstić information content (AvgIpc) is 3.16. The van der Waals surface area contributed by atoms with Gasteiger partial charge in [-0.1, -0.05) is 35.4 Å². The molecule has 3 fully saturated rings. The van der Waals surface area contributed by atoms with Crippen molar-refractivity contribution in [1.82, 2.24) is 18.4 Å². The lowest BCUT2D eigenvalue weighted by molar-refractivity contribution is -0.000672. The summed E-state index contributed by atoms with van der Waals surface area (Å²) in [5.41, 5.74) is 1.96. The Bertz CT molecular complexity index is 1410. The number of benzene rings is 2. The quantitative estimate of drug-likeness (QED) is 0.414. The van der Waals surface area contributed by atoms with Gasteiger partial charge in [0.2, 0.25) is 20.0 Å². The van der Waals surface area contributed by atoms with Crippen molar-refractivity contribution in [3.05, 3.63) is 59.7 Å². The number of rotatable bonds is 4. The van der Waals surface area contributed by atoms with Gasteiger partial charge in [-0.15, -0.1) is 0 Å². The van der Waals surface area contributed by atoms with Crippen LogP contribution in [0.5, 0.6) is 0 Å². The Morgan fingerprint density at radius 2 is 0.564 bits per heavy atom. The molecule has 0 aromatic heterocycles. The maximum absolute atomic E-state index is 13.7. The van der Waals surface area contributed by atoms with E-state index in [4.69, 9.17) is 33.2 Å². The normalized spacial score (nSPS) is 23.9. The fourth-order valence-electron chi connectivity index (χ4n) is 5.87. The fourth-order valence-corrected chi connectivity index (χ4v) is 8.69. The zero-order valence-electron chi connectivity index (χ0n) is 32.7. The lowest BCUT2D eigenvalue weighted by Gasteiger charge is -2.26. The van der Waals surface area contributed by atoms with Crippen LogP contribution in [-0.4, -0.2) is 193 Å². The standard InChI is InChI=1S/C38H62N4O11S2/c1-35-3-7-37(8-4-35)54(43,44)41-17-27-47-21-11-39-13-23-49-29-19-42(55(45,46)38-9-5-36(2)6-10-38)20-30-50-24-14-40(12-22-48-28-18-41)16-26-52-32-34-53-33-31-51-25-15-39/h3-10H,11-34H2,1-2H3. The number of hydrogen-bond acceptors (Lipinski definition) is 13. The molecular weight excluding hydrogens is 753 g/mol. The predicted molar refractivity (Wildman–Crippen MR) is 208 cm³/mol. The molecule has 2 aromatic carbocycles. The predicted octanol–water partition coefficient (Wildman–Crippen LogP) is 1.73. The molecule has 0 spiro atoms. The van der Waals surface area contributed by atoms with Gasteiger partial charge < -0.3 is 33.2 Å². The van der Waals surface area contributed by atoms with Crippen molar-refractivity contribution in [3.8, 4) is 0 Å². The van der Waals surface area contributed by atoms with Gasteiger partial charge in [-0.2, -0.15) is 8.61 Å². The Morgan fingerprint density at radius 3 is 0.836 bits per heavy atom. The van der Waals surface area contributed by atoms with Crippen molar-refractivity contribution in [2.75, 3.05) is 158 Å². The van der Waals surface area contributed by atoms with Crippen molar-refractivity contribution in [2.24, 2.45) is 0 Å². The van der Waals surface area contributed by atoms with Gasteiger partial charge in [0.15, 0.2) is 0 Å². The first-order valence-electron chi connectivity index (χ1n) is 19.3. The van der Waals surface area contributed by atoms with Gasteiger partial charge >= 0.3 is 0 Å². The van der Waals surface area contributed by atoms with Crippen LogP contribution in [0, 0.1) is 13.8 Å². The monoisotopic (exact) mass is 814 g/mol. The molecule has 55 heavy (non-hydrogen) atoms. The molecule has 3 aliphatic heterocycles. The fraction of sp³-hybridized carbons (Fsp3) is 0.684. The van der Waals surface area contributed by atoms with E-state index >= 15 is 0 Å². The van der Waals surface area contributed by atoms with Crippen molar-refractivity contribution in [2.45, 2.75) is 23.6 Å². The summed E-state index contributed by atoms with van der Waals surface area (Å²) in [7, 11) is -7.55. The van der Waals surface area contributed by atoms with Crippen LogP contribution in [0.25, 0.3) is 0 Å². The molecule has 17 heteroatoms. The molecule has 0 amide bonds. The Hall–Kier alpha value is -2.10. The molecule has 0 aliphatic carbocycles. The first-order chi connectivity index (χ1) is 26.7. The largest absolute Gasteiger partial charge is 0.379 e. The second-order valence-electron chi connectivity index (χ2n) is 13.4. The molecule has 15 nitrogen and oxygen atoms in total. The lowest BCUT2D eigenvalue weighted by Crippen LogP contribution is -2.39. The summed E-state index contributed by atoms with van der Waals surface area (Å²) in [4.78, 5) is 4.77. The SMILES string of the molecule is Cc1ccc(S(=O)(=O)N2CCOCCN3CCOCCOCCOCCN(CCOCC2)CCOCCN(S(=O)(=O)c2ccc(C)cc2)CCOCC3)cc1. The van der Waals surface area contributed by atoms with Crippen molar-refractivity contribution < 1.29 is 50.0 Å². The topological polar surface area (TPSA) is 146 Å². The highest BCUT2D eigenvalue weighted by atomic mass is 32.2. The summed E-state index contributed by atoms with van der Waals surface area (Å²) in [6, 6.07) is 13.7. The summed E-state index contributed by atoms with van der Waals surface area (Å²) in [6.45, 7) is 13.1. The maximum atomic E-state index is 13.7. The number of nitrogens with zero attached hydrogens (tertiary/aromatic N) is 4. The minimum Gasteiger partial charge on any atom is -0.379 e. The van der Waals surface area contributed by atoms with Crippen LogP contribution in [0.3, 0.4) is 0 Å². The Morgan fingerprint density at radius 1 is 0.345 bits per heavy atom. The van der Waals surface area contributed by atoms with Gasteiger partial charge in [0.1, 0.15) is 0 Å². The molecule has 0 atom stereocenters. The number of sulfonamides is 2. The molecule has 0 radical (unpaired) electrons. The van der Waals surface area contributed by atoms with Crippen LogP contribution >= 0.6 is 0 Å². The number of hydrogen-bond donors (Lipinski definition) is 0. The van der Waals surface area contributed by atoms with E-state index in [2.05, 4.69) is 9.80 Å². The first kappa shape index (κ1) is 45.6. The molecule has 3 aliphatic rings. The molecule has 0 unspecified atom stereocenters. The van der Waals surface area contributed by atoms with E-state index in [-0.39, 0.29) is 62.4 Å². The van der Waals surface area contributed by atoms with E-state index in [9.17, 15) is 16.8 Å². The van der Waals surface area contributed by atoms with E-state index in [1.54, 1.807) is 48.5 Å². The van der Waals surface area contributed by atoms with Gasteiger partial charge in [0.25, 0.3) is 0 Å². The molecule has 0 saturated carbocycles. The lowest BCUT2D eigenvalue weighted by atomic mass is 10.2. The number of aryl methyl sites for hydroxylation is 2. The van der Waals surface area contributed by atoms with E-state index in [0.29, 0.717) is 105 Å². The third-order valence-electron chi connectivity index (χ3n) is 9.31. The zero-order chi connectivity index (χ0) is 39.2. The molecule has 5 rings (SSSR count). The molecule has 0 N–H and O–H groups in total.